The number of aromatic hydroxyl groups is 2. The van der Waals surface area contributed by atoms with Gasteiger partial charge in [-0.2, -0.15) is 0 Å². The van der Waals surface area contributed by atoms with E-state index in [2.05, 4.69) is 97.1 Å². The molecule has 0 spiro atoms. The van der Waals surface area contributed by atoms with Crippen LogP contribution in [0.2, 0.25) is 0 Å². The number of hydrogen-bond acceptors (Lipinski definition) is 2. The van der Waals surface area contributed by atoms with Gasteiger partial charge in [0.1, 0.15) is 34.7 Å². The molecule has 0 aliphatic rings. The van der Waals surface area contributed by atoms with Crippen molar-refractivity contribution in [3.05, 3.63) is 119 Å². The van der Waals surface area contributed by atoms with Crippen LogP contribution in [0.15, 0.2) is 97.1 Å². The Morgan fingerprint density at radius 2 is 0.950 bits per heavy atom. The average Bonchev–Trinajstić information content (AvgIpc) is 3.01. The van der Waals surface area contributed by atoms with E-state index in [1.807, 2.05) is 26.8 Å². The van der Waals surface area contributed by atoms with E-state index in [0.29, 0.717) is 0 Å². The van der Waals surface area contributed by atoms with Crippen molar-refractivity contribution in [2.75, 3.05) is 6.16 Å². The maximum absolute atomic E-state index is 10.5. The van der Waals surface area contributed by atoms with Gasteiger partial charge in [-0.1, -0.05) is 86.0 Å². The zero-order valence-corrected chi connectivity index (χ0v) is 25.2. The first-order valence-corrected chi connectivity index (χ1v) is 16.7. The van der Waals surface area contributed by atoms with Crippen molar-refractivity contribution >= 4 is 29.3 Å². The number of rotatable bonds is 13. The van der Waals surface area contributed by atoms with E-state index < -0.39 is 7.26 Å². The van der Waals surface area contributed by atoms with Gasteiger partial charge >= 0.3 is 0 Å². The Morgan fingerprint density at radius 3 is 1.45 bits per heavy atom. The molecule has 0 aromatic heterocycles. The highest BCUT2D eigenvalue weighted by atomic mass is 31.2. The van der Waals surface area contributed by atoms with Crippen LogP contribution in [0.3, 0.4) is 0 Å². The summed E-state index contributed by atoms with van der Waals surface area (Å²) in [5, 5.41) is 25.3. The average molecular weight is 552 g/mol. The van der Waals surface area contributed by atoms with Gasteiger partial charge < -0.3 is 10.2 Å². The molecule has 0 aliphatic heterocycles. The molecule has 0 saturated carbocycles. The van der Waals surface area contributed by atoms with Crippen LogP contribution in [0.5, 0.6) is 11.5 Å². The van der Waals surface area contributed by atoms with Crippen molar-refractivity contribution in [1.29, 1.82) is 0 Å². The molecule has 3 heteroatoms. The summed E-state index contributed by atoms with van der Waals surface area (Å²) in [6.07, 6.45) is 13.6. The topological polar surface area (TPSA) is 40.5 Å². The molecule has 2 N–H and O–H groups in total. The SMILES string of the molecule is Cc1c(C)c(O)c(C=CCCCCCCCC[P+](c2ccccc2)(c2ccccc2)c2ccccc2)c(C)c1O. The zero-order chi connectivity index (χ0) is 28.4. The van der Waals surface area contributed by atoms with E-state index in [1.165, 1.54) is 54.2 Å². The molecule has 2 nitrogen and oxygen atoms in total. The number of phenols is 2. The molecule has 0 aliphatic carbocycles. The maximum Gasteiger partial charge on any atom is 0.126 e. The van der Waals surface area contributed by atoms with Crippen LogP contribution in [-0.2, 0) is 0 Å². The van der Waals surface area contributed by atoms with E-state index in [-0.39, 0.29) is 11.5 Å². The minimum Gasteiger partial charge on any atom is -0.507 e. The smallest absolute Gasteiger partial charge is 0.126 e. The second kappa shape index (κ2) is 14.3. The molecule has 40 heavy (non-hydrogen) atoms. The van der Waals surface area contributed by atoms with Crippen LogP contribution in [0.4, 0.5) is 0 Å². The van der Waals surface area contributed by atoms with Crippen molar-refractivity contribution in [1.82, 2.24) is 0 Å². The molecule has 4 aromatic carbocycles. The third-order valence-electron chi connectivity index (χ3n) is 8.28. The van der Waals surface area contributed by atoms with Crippen LogP contribution in [0, 0.1) is 20.8 Å². The summed E-state index contributed by atoms with van der Waals surface area (Å²) < 4.78 is 0. The van der Waals surface area contributed by atoms with E-state index in [4.69, 9.17) is 0 Å². The quantitative estimate of drug-likeness (QED) is 0.0991. The fourth-order valence-corrected chi connectivity index (χ4v) is 10.2. The van der Waals surface area contributed by atoms with Gasteiger partial charge in [-0.15, -0.1) is 0 Å². The minimum atomic E-state index is -1.72. The molecule has 0 heterocycles. The third kappa shape index (κ3) is 6.68. The van der Waals surface area contributed by atoms with Crippen molar-refractivity contribution in [2.24, 2.45) is 0 Å². The van der Waals surface area contributed by atoms with Gasteiger partial charge in [-0.3, -0.25) is 0 Å². The van der Waals surface area contributed by atoms with E-state index in [1.54, 1.807) is 0 Å². The molecule has 4 aromatic rings. The Balaban J connectivity index is 1.32. The largest absolute Gasteiger partial charge is 0.507 e. The van der Waals surface area contributed by atoms with E-state index in [0.717, 1.165) is 35.1 Å². The standard InChI is InChI=1S/C37H43O2P/c1-29-30(2)37(39)35(31(3)36(29)38)27-19-8-6-4-5-7-9-20-28-40(32-21-13-10-14-22-32,33-23-15-11-16-24-33)34-25-17-12-18-26-34/h10-19,21-27H,4-9,20,28H2,1-3H3,(H-,38,39)/p+1. The second-order valence-corrected chi connectivity index (χ2v) is 14.5. The molecule has 0 unspecified atom stereocenters. The predicted octanol–water partition coefficient (Wildman–Crippen LogP) is 8.76. The summed E-state index contributed by atoms with van der Waals surface area (Å²) in [5.74, 6) is 0.567. The molecule has 0 saturated heterocycles. The first-order chi connectivity index (χ1) is 19.5. The summed E-state index contributed by atoms with van der Waals surface area (Å²) in [6.45, 7) is 5.57. The number of phenolic OH excluding ortho intramolecular Hbond substituents is 2. The number of unbranched alkanes of at least 4 members (excludes halogenated alkanes) is 6. The lowest BCUT2D eigenvalue weighted by Gasteiger charge is -2.27. The lowest BCUT2D eigenvalue weighted by molar-refractivity contribution is 0.448. The number of hydrogen-bond donors (Lipinski definition) is 2. The summed E-state index contributed by atoms with van der Waals surface area (Å²) >= 11 is 0. The van der Waals surface area contributed by atoms with Crippen LogP contribution in [-0.4, -0.2) is 16.4 Å². The molecule has 0 bridgehead atoms. The van der Waals surface area contributed by atoms with Crippen LogP contribution in [0.25, 0.3) is 6.08 Å². The lowest BCUT2D eigenvalue weighted by Crippen LogP contribution is -2.33. The molecular weight excluding hydrogens is 507 g/mol. The van der Waals surface area contributed by atoms with E-state index >= 15 is 0 Å². The summed E-state index contributed by atoms with van der Waals surface area (Å²) in [5.41, 5.74) is 2.99. The molecule has 0 radical (unpaired) electrons. The zero-order valence-electron chi connectivity index (χ0n) is 24.3. The highest BCUT2D eigenvalue weighted by molar-refractivity contribution is 7.95. The van der Waals surface area contributed by atoms with Crippen LogP contribution in [0.1, 0.15) is 67.2 Å². The van der Waals surface area contributed by atoms with Gasteiger partial charge in [0.15, 0.2) is 0 Å². The van der Waals surface area contributed by atoms with Gasteiger partial charge in [0, 0.05) is 11.1 Å². The molecular formula is C37H44O2P+. The number of allylic oxidation sites excluding steroid dienone is 1. The van der Waals surface area contributed by atoms with Crippen LogP contribution >= 0.6 is 7.26 Å². The van der Waals surface area contributed by atoms with Crippen molar-refractivity contribution in [2.45, 2.75) is 65.7 Å². The number of benzene rings is 4. The van der Waals surface area contributed by atoms with Crippen molar-refractivity contribution in [3.8, 4) is 11.5 Å². The van der Waals surface area contributed by atoms with Gasteiger partial charge in [-0.05, 0) is 94.0 Å². The predicted molar refractivity (Wildman–Crippen MR) is 175 cm³/mol. The van der Waals surface area contributed by atoms with Gasteiger partial charge in [-0.25, -0.2) is 0 Å². The fraction of sp³-hybridized carbons (Fsp3) is 0.297. The Morgan fingerprint density at radius 1 is 0.525 bits per heavy atom. The Labute approximate surface area is 241 Å². The molecule has 208 valence electrons. The third-order valence-corrected chi connectivity index (χ3v) is 12.8. The summed E-state index contributed by atoms with van der Waals surface area (Å²) in [4.78, 5) is 0. The molecule has 0 atom stereocenters. The second-order valence-electron chi connectivity index (χ2n) is 10.8. The van der Waals surface area contributed by atoms with Gasteiger partial charge in [0.25, 0.3) is 0 Å². The van der Waals surface area contributed by atoms with Crippen molar-refractivity contribution in [3.63, 3.8) is 0 Å². The van der Waals surface area contributed by atoms with E-state index in [9.17, 15) is 10.2 Å². The molecule has 0 amide bonds. The lowest BCUT2D eigenvalue weighted by atomic mass is 9.97. The maximum atomic E-state index is 10.5. The first kappa shape index (κ1) is 29.6. The van der Waals surface area contributed by atoms with Gasteiger partial charge in [0.2, 0.25) is 0 Å². The summed E-state index contributed by atoms with van der Waals surface area (Å²) in [7, 11) is -1.72. The van der Waals surface area contributed by atoms with Crippen molar-refractivity contribution < 1.29 is 10.2 Å². The Hall–Kier alpha value is -3.35. The normalized spacial score (nSPS) is 11.8. The highest BCUT2D eigenvalue weighted by Gasteiger charge is 2.44. The highest BCUT2D eigenvalue weighted by Crippen LogP contribution is 2.56. The van der Waals surface area contributed by atoms with Gasteiger partial charge in [0.05, 0.1) is 6.16 Å². The summed E-state index contributed by atoms with van der Waals surface area (Å²) in [6, 6.07) is 33.5. The van der Waals surface area contributed by atoms with Crippen LogP contribution < -0.4 is 15.9 Å². The molecule has 0 fully saturated rings. The minimum absolute atomic E-state index is 0.282. The molecule has 4 rings (SSSR count). The Bertz CT molecular complexity index is 1250. The Kier molecular flexibility index (Phi) is 10.6. The first-order valence-electron chi connectivity index (χ1n) is 14.7. The monoisotopic (exact) mass is 551 g/mol. The fourth-order valence-electron chi connectivity index (χ4n) is 5.75.